The van der Waals surface area contributed by atoms with Crippen molar-refractivity contribution in [3.05, 3.63) is 75.2 Å². The lowest BCUT2D eigenvalue weighted by molar-refractivity contribution is 0.297. The SMILES string of the molecule is C=C.C=C.C=C(C)C(=C)CCC.C=C(NCC(C)(C)C)NC(C(=C)C)C1CCCCC1.CC.CC.CC.CC(C)C.CCC.CCCCC(C)CC. The molecule has 2 atom stereocenters. The molecule has 0 aromatic carbocycles. The van der Waals surface area contributed by atoms with Gasteiger partial charge in [-0.25, -0.2) is 0 Å². The average molecular weight is 737 g/mol. The van der Waals surface area contributed by atoms with Crippen LogP contribution in [0, 0.1) is 23.2 Å². The van der Waals surface area contributed by atoms with Gasteiger partial charge in [-0.2, -0.15) is 0 Å². The molecule has 2 nitrogen and oxygen atoms in total. The lowest BCUT2D eigenvalue weighted by atomic mass is 9.81. The molecule has 2 heteroatoms. The molecule has 0 bridgehead atoms. The van der Waals surface area contributed by atoms with E-state index in [1.165, 1.54) is 81.8 Å². The van der Waals surface area contributed by atoms with E-state index in [4.69, 9.17) is 0 Å². The van der Waals surface area contributed by atoms with Crippen LogP contribution in [0.3, 0.4) is 0 Å². The maximum Gasteiger partial charge on any atom is 0.0917 e. The van der Waals surface area contributed by atoms with Crippen LogP contribution in [0.2, 0.25) is 0 Å². The third-order valence-corrected chi connectivity index (χ3v) is 6.72. The van der Waals surface area contributed by atoms with E-state index < -0.39 is 0 Å². The van der Waals surface area contributed by atoms with Gasteiger partial charge in [0.1, 0.15) is 0 Å². The maximum absolute atomic E-state index is 4.16. The Kier molecular flexibility index (Phi) is 83.9. The van der Waals surface area contributed by atoms with Gasteiger partial charge in [0.2, 0.25) is 0 Å². The standard InChI is InChI=1S/C17H32N2.C8H14.C8H18.C4H10.C3H8.3C2H6.2C2H4/c1-13(2)16(15-10-8-7-9-11-15)19-14(3)18-12-17(4,5)6;1-5-6-8(4)7(2)3;1-4-6-7-8(3)5-2;1-4(2)3;1-3-2;5*1-2/h15-16,18-19H,1,3,7-12H2,2,4-6H3;2,4-6H2,1,3H3;8H,4-7H2,1-3H3;4H,1-3H3;3H2,1-2H3;3*1-2H3;2*1-2H2. The Labute approximate surface area is 336 Å². The molecule has 0 saturated heterocycles. The van der Waals surface area contributed by atoms with Crippen LogP contribution in [0.15, 0.2) is 75.2 Å². The highest BCUT2D eigenvalue weighted by molar-refractivity contribution is 5.22. The Morgan fingerprint density at radius 1 is 0.692 bits per heavy atom. The van der Waals surface area contributed by atoms with Gasteiger partial charge in [0, 0.05) is 6.54 Å². The van der Waals surface area contributed by atoms with Gasteiger partial charge in [-0.05, 0) is 56.3 Å². The highest BCUT2D eigenvalue weighted by atomic mass is 15.1. The molecule has 2 N–H and O–H groups in total. The van der Waals surface area contributed by atoms with E-state index in [0.29, 0.717) is 6.04 Å². The van der Waals surface area contributed by atoms with Crippen molar-refractivity contribution >= 4 is 0 Å². The molecule has 318 valence electrons. The van der Waals surface area contributed by atoms with Crippen molar-refractivity contribution in [1.29, 1.82) is 0 Å². The van der Waals surface area contributed by atoms with E-state index in [0.717, 1.165) is 42.1 Å². The number of hydrogen-bond acceptors (Lipinski definition) is 2. The van der Waals surface area contributed by atoms with E-state index in [2.05, 4.69) is 153 Å². The summed E-state index contributed by atoms with van der Waals surface area (Å²) in [4.78, 5) is 0. The summed E-state index contributed by atoms with van der Waals surface area (Å²) in [5.74, 6) is 3.45. The van der Waals surface area contributed by atoms with Crippen molar-refractivity contribution in [2.24, 2.45) is 23.2 Å². The molecule has 1 saturated carbocycles. The van der Waals surface area contributed by atoms with Crippen LogP contribution in [0.4, 0.5) is 0 Å². The Morgan fingerprint density at radius 2 is 1.08 bits per heavy atom. The van der Waals surface area contributed by atoms with Gasteiger partial charge >= 0.3 is 0 Å². The van der Waals surface area contributed by atoms with Crippen LogP contribution < -0.4 is 10.6 Å². The topological polar surface area (TPSA) is 24.1 Å². The van der Waals surface area contributed by atoms with Crippen LogP contribution in [0.25, 0.3) is 0 Å². The van der Waals surface area contributed by atoms with Gasteiger partial charge in [-0.15, -0.1) is 26.3 Å². The second-order valence-corrected chi connectivity index (χ2v) is 14.5. The summed E-state index contributed by atoms with van der Waals surface area (Å²) in [7, 11) is 0. The minimum absolute atomic E-state index is 0.272. The smallest absolute Gasteiger partial charge is 0.0917 e. The van der Waals surface area contributed by atoms with Gasteiger partial charge < -0.3 is 10.6 Å². The van der Waals surface area contributed by atoms with E-state index in [1.54, 1.807) is 0 Å². The van der Waals surface area contributed by atoms with Crippen LogP contribution >= 0.6 is 0 Å². The second kappa shape index (κ2) is 61.1. The summed E-state index contributed by atoms with van der Waals surface area (Å²) >= 11 is 0. The van der Waals surface area contributed by atoms with Gasteiger partial charge in [0.05, 0.1) is 11.9 Å². The zero-order valence-corrected chi connectivity index (χ0v) is 40.7. The van der Waals surface area contributed by atoms with E-state index in [-0.39, 0.29) is 5.41 Å². The van der Waals surface area contributed by atoms with E-state index in [9.17, 15) is 0 Å². The summed E-state index contributed by atoms with van der Waals surface area (Å²) < 4.78 is 0. The second-order valence-electron chi connectivity index (χ2n) is 14.5. The summed E-state index contributed by atoms with van der Waals surface area (Å²) in [6.07, 6.45) is 15.8. The third kappa shape index (κ3) is 77.5. The van der Waals surface area contributed by atoms with Crippen molar-refractivity contribution in [2.45, 2.75) is 222 Å². The minimum atomic E-state index is 0.272. The Morgan fingerprint density at radius 3 is 1.33 bits per heavy atom. The van der Waals surface area contributed by atoms with Crippen molar-refractivity contribution in [2.75, 3.05) is 6.54 Å². The fourth-order valence-corrected chi connectivity index (χ4v) is 3.99. The van der Waals surface area contributed by atoms with Gasteiger partial charge in [-0.3, -0.25) is 0 Å². The summed E-state index contributed by atoms with van der Waals surface area (Å²) in [6, 6.07) is 0.375. The predicted octanol–water partition coefficient (Wildman–Crippen LogP) is 18.1. The van der Waals surface area contributed by atoms with Gasteiger partial charge in [0.25, 0.3) is 0 Å². The molecule has 0 heterocycles. The highest BCUT2D eigenvalue weighted by Gasteiger charge is 2.24. The Balaban J connectivity index is -0.0000000674. The summed E-state index contributed by atoms with van der Waals surface area (Å²) in [6.45, 7) is 71.4. The summed E-state index contributed by atoms with van der Waals surface area (Å²) in [5.41, 5.74) is 3.80. The average Bonchev–Trinajstić information content (AvgIpc) is 3.13. The zero-order chi connectivity index (χ0) is 43.7. The van der Waals surface area contributed by atoms with E-state index >= 15 is 0 Å². The monoisotopic (exact) mass is 737 g/mol. The maximum atomic E-state index is 4.16. The number of nitrogens with one attached hydrogen (secondary N) is 2. The first-order valence-electron chi connectivity index (χ1n) is 21.6. The van der Waals surface area contributed by atoms with E-state index in [1.807, 2.05) is 48.5 Å². The molecule has 2 unspecified atom stereocenters. The largest absolute Gasteiger partial charge is 0.372 e. The van der Waals surface area contributed by atoms with Crippen LogP contribution in [0.1, 0.15) is 216 Å². The molecule has 1 fully saturated rings. The molecule has 1 aliphatic carbocycles. The number of hydrogen-bond donors (Lipinski definition) is 2. The van der Waals surface area contributed by atoms with Crippen LogP contribution in [0.5, 0.6) is 0 Å². The molecule has 1 aliphatic rings. The lowest BCUT2D eigenvalue weighted by Crippen LogP contribution is -2.42. The van der Waals surface area contributed by atoms with Crippen LogP contribution in [-0.4, -0.2) is 12.6 Å². The number of allylic oxidation sites excluding steroid dienone is 2. The third-order valence-electron chi connectivity index (χ3n) is 6.72. The lowest BCUT2D eigenvalue weighted by Gasteiger charge is -2.33. The first-order chi connectivity index (χ1) is 24.4. The van der Waals surface area contributed by atoms with Crippen molar-refractivity contribution in [3.63, 3.8) is 0 Å². The quantitative estimate of drug-likeness (QED) is 0.145. The Hall–Kier alpha value is -1.96. The molecule has 0 aliphatic heterocycles. The molecule has 0 aromatic heterocycles. The molecule has 52 heavy (non-hydrogen) atoms. The molecular formula is C50H108N2. The molecular weight excluding hydrogens is 629 g/mol. The Bertz CT molecular complexity index is 668. The molecule has 1 rings (SSSR count). The zero-order valence-electron chi connectivity index (χ0n) is 40.7. The number of rotatable bonds is 13. The fourth-order valence-electron chi connectivity index (χ4n) is 3.99. The summed E-state index contributed by atoms with van der Waals surface area (Å²) in [5, 5.41) is 6.95. The van der Waals surface area contributed by atoms with Crippen molar-refractivity contribution in [1.82, 2.24) is 10.6 Å². The van der Waals surface area contributed by atoms with Gasteiger partial charge in [0.15, 0.2) is 0 Å². The highest BCUT2D eigenvalue weighted by Crippen LogP contribution is 2.29. The molecule has 0 amide bonds. The molecule has 0 radical (unpaired) electrons. The number of unbranched alkanes of at least 4 members (excludes halogenated alkanes) is 1. The first-order valence-corrected chi connectivity index (χ1v) is 21.6. The normalized spacial score (nSPS) is 11.9. The minimum Gasteiger partial charge on any atom is -0.372 e. The van der Waals surface area contributed by atoms with Crippen molar-refractivity contribution < 1.29 is 0 Å². The molecule has 0 aromatic rings. The molecule has 0 spiro atoms. The first kappa shape index (κ1) is 71.5. The van der Waals surface area contributed by atoms with Gasteiger partial charge in [-0.1, -0.05) is 225 Å². The van der Waals surface area contributed by atoms with Crippen LogP contribution in [-0.2, 0) is 0 Å². The predicted molar refractivity (Wildman–Crippen MR) is 256 cm³/mol. The fraction of sp³-hybridized carbons (Fsp3) is 0.760. The van der Waals surface area contributed by atoms with Crippen molar-refractivity contribution in [3.8, 4) is 0 Å².